The Labute approximate surface area is 53.8 Å². The van der Waals surface area contributed by atoms with Crippen molar-refractivity contribution in [2.24, 2.45) is 0 Å². The number of hydrogen-bond acceptors (Lipinski definition) is 3. The van der Waals surface area contributed by atoms with Gasteiger partial charge in [-0.25, -0.2) is 0 Å². The number of allylic oxidation sites excluding steroid dienone is 3. The Bertz CT molecular complexity index is 109. The monoisotopic (exact) mass is 129 g/mol. The summed E-state index contributed by atoms with van der Waals surface area (Å²) >= 11 is 3.66. The number of carbonyl (C=O) groups is 1. The molecule has 0 saturated carbocycles. The summed E-state index contributed by atoms with van der Waals surface area (Å²) in [6, 6.07) is 0. The maximum absolute atomic E-state index is 9.61. The summed E-state index contributed by atoms with van der Waals surface area (Å²) in [6.45, 7) is 0. The predicted octanol–water partition coefficient (Wildman–Crippen LogP) is 0.690. The summed E-state index contributed by atoms with van der Waals surface area (Å²) in [6.07, 6.45) is 6.98. The van der Waals surface area contributed by atoms with Gasteiger partial charge in [0.2, 0.25) is 0 Å². The van der Waals surface area contributed by atoms with Crippen molar-refractivity contribution in [2.75, 3.05) is 0 Å². The number of carbonyl (C=O) groups excluding carboxylic acids is 1. The highest BCUT2D eigenvalue weighted by Gasteiger charge is 1.59. The molecule has 44 valence electrons. The Morgan fingerprint density at radius 2 is 2.00 bits per heavy atom. The van der Waals surface area contributed by atoms with Crippen LogP contribution in [0.2, 0.25) is 0 Å². The van der Waals surface area contributed by atoms with E-state index in [2.05, 4.69) is 17.5 Å². The van der Waals surface area contributed by atoms with Crippen molar-refractivity contribution < 1.29 is 4.79 Å². The van der Waals surface area contributed by atoms with Crippen LogP contribution in [0.1, 0.15) is 0 Å². The highest BCUT2D eigenvalue weighted by molar-refractivity contribution is 7.78. The molecule has 0 aromatic carbocycles. The van der Waals surface area contributed by atoms with Crippen LogP contribution in [-0.4, -0.2) is 6.29 Å². The number of rotatable bonds is 3. The maximum atomic E-state index is 9.61. The zero-order chi connectivity index (χ0) is 6.24. The first-order valence-electron chi connectivity index (χ1n) is 2.08. The fourth-order valence-electron chi connectivity index (χ4n) is 0.208. The molecule has 0 rings (SSSR count). The molecule has 0 saturated heterocycles. The lowest BCUT2D eigenvalue weighted by Gasteiger charge is -1.76. The zero-order valence-electron chi connectivity index (χ0n) is 4.24. The fraction of sp³-hybridized carbons (Fsp3) is 0. The molecule has 0 spiro atoms. The highest BCUT2D eigenvalue weighted by Crippen LogP contribution is 1.71. The molecule has 1 N–H and O–H groups in total. The molecular weight excluding hydrogens is 122 g/mol. The molecule has 8 heavy (non-hydrogen) atoms. The lowest BCUT2D eigenvalue weighted by molar-refractivity contribution is -0.104. The van der Waals surface area contributed by atoms with Gasteiger partial charge in [0.25, 0.3) is 0 Å². The molecule has 0 aromatic heterocycles. The number of aldehydes is 1. The third kappa shape index (κ3) is 5.30. The van der Waals surface area contributed by atoms with Crippen LogP contribution in [0.5, 0.6) is 0 Å². The Balaban J connectivity index is 3.26. The van der Waals surface area contributed by atoms with Crippen LogP contribution in [0.15, 0.2) is 24.4 Å². The standard InChI is InChI=1S/C5H7NOS/c7-5-3-1-2-4-6-8/h1-6,8H/b3-1-,4-2-. The Morgan fingerprint density at radius 1 is 1.25 bits per heavy atom. The van der Waals surface area contributed by atoms with Gasteiger partial charge in [0, 0.05) is 6.20 Å². The van der Waals surface area contributed by atoms with E-state index in [4.69, 9.17) is 0 Å². The van der Waals surface area contributed by atoms with E-state index in [1.807, 2.05) is 0 Å². The van der Waals surface area contributed by atoms with Crippen LogP contribution in [0, 0.1) is 0 Å². The average Bonchev–Trinajstić information content (AvgIpc) is 1.81. The van der Waals surface area contributed by atoms with Gasteiger partial charge in [0.05, 0.1) is 0 Å². The summed E-state index contributed by atoms with van der Waals surface area (Å²) in [5.74, 6) is 0. The minimum absolute atomic E-state index is 0.711. The first kappa shape index (κ1) is 7.30. The second-order valence-corrected chi connectivity index (χ2v) is 1.27. The van der Waals surface area contributed by atoms with E-state index in [0.717, 1.165) is 0 Å². The van der Waals surface area contributed by atoms with Gasteiger partial charge >= 0.3 is 0 Å². The summed E-state index contributed by atoms with van der Waals surface area (Å²) in [4.78, 5) is 9.61. The van der Waals surface area contributed by atoms with Gasteiger partial charge in [-0.2, -0.15) is 0 Å². The number of thiol groups is 1. The molecule has 0 atom stereocenters. The summed E-state index contributed by atoms with van der Waals surface area (Å²) in [5.41, 5.74) is 0. The van der Waals surface area contributed by atoms with Crippen molar-refractivity contribution in [1.29, 1.82) is 0 Å². The van der Waals surface area contributed by atoms with E-state index in [1.54, 1.807) is 18.4 Å². The normalized spacial score (nSPS) is 10.6. The van der Waals surface area contributed by atoms with Gasteiger partial charge in [-0.1, -0.05) is 18.9 Å². The van der Waals surface area contributed by atoms with E-state index in [-0.39, 0.29) is 0 Å². The van der Waals surface area contributed by atoms with E-state index in [1.165, 1.54) is 6.08 Å². The van der Waals surface area contributed by atoms with Gasteiger partial charge < -0.3 is 4.72 Å². The molecule has 0 aliphatic rings. The molecule has 0 amide bonds. The third-order valence-corrected chi connectivity index (χ3v) is 0.621. The molecule has 0 bridgehead atoms. The second-order valence-electron chi connectivity index (χ2n) is 1.01. The van der Waals surface area contributed by atoms with Crippen LogP contribution in [0.4, 0.5) is 0 Å². The van der Waals surface area contributed by atoms with Crippen LogP contribution >= 0.6 is 12.8 Å². The van der Waals surface area contributed by atoms with Gasteiger partial charge in [0.15, 0.2) is 0 Å². The molecule has 0 aliphatic carbocycles. The van der Waals surface area contributed by atoms with Gasteiger partial charge in [-0.05, 0) is 12.2 Å². The molecule has 0 aliphatic heterocycles. The Hall–Kier alpha value is -0.700. The van der Waals surface area contributed by atoms with Crippen LogP contribution < -0.4 is 4.72 Å². The predicted molar refractivity (Wildman–Crippen MR) is 36.5 cm³/mol. The highest BCUT2D eigenvalue weighted by atomic mass is 32.1. The van der Waals surface area contributed by atoms with Gasteiger partial charge in [-0.3, -0.25) is 4.79 Å². The van der Waals surface area contributed by atoms with E-state index in [0.29, 0.717) is 6.29 Å². The zero-order valence-corrected chi connectivity index (χ0v) is 5.14. The lowest BCUT2D eigenvalue weighted by atomic mass is 10.5. The minimum atomic E-state index is 0.711. The van der Waals surface area contributed by atoms with E-state index >= 15 is 0 Å². The molecule has 0 unspecified atom stereocenters. The molecule has 0 fully saturated rings. The second kappa shape index (κ2) is 6.30. The molecule has 0 heterocycles. The summed E-state index contributed by atoms with van der Waals surface area (Å²) in [7, 11) is 0. The minimum Gasteiger partial charge on any atom is -0.339 e. The quantitative estimate of drug-likeness (QED) is 0.254. The Morgan fingerprint density at radius 3 is 2.50 bits per heavy atom. The first-order valence-corrected chi connectivity index (χ1v) is 2.53. The number of nitrogens with one attached hydrogen (secondary N) is 1. The van der Waals surface area contributed by atoms with Crippen molar-refractivity contribution in [3.8, 4) is 0 Å². The topological polar surface area (TPSA) is 29.1 Å². The van der Waals surface area contributed by atoms with Crippen molar-refractivity contribution in [2.45, 2.75) is 0 Å². The van der Waals surface area contributed by atoms with Crippen molar-refractivity contribution in [3.05, 3.63) is 24.4 Å². The largest absolute Gasteiger partial charge is 0.339 e. The smallest absolute Gasteiger partial charge is 0.142 e. The molecule has 0 radical (unpaired) electrons. The SMILES string of the molecule is O=C/C=C\C=C/NS. The number of hydrogen-bond donors (Lipinski definition) is 2. The van der Waals surface area contributed by atoms with Crippen molar-refractivity contribution in [1.82, 2.24) is 4.72 Å². The van der Waals surface area contributed by atoms with Crippen LogP contribution in [0.3, 0.4) is 0 Å². The van der Waals surface area contributed by atoms with Gasteiger partial charge in [0.1, 0.15) is 6.29 Å². The molecule has 0 aromatic rings. The molecule has 3 heteroatoms. The van der Waals surface area contributed by atoms with Crippen LogP contribution in [-0.2, 0) is 4.79 Å². The lowest BCUT2D eigenvalue weighted by Crippen LogP contribution is -1.77. The van der Waals surface area contributed by atoms with Crippen LogP contribution in [0.25, 0.3) is 0 Å². The van der Waals surface area contributed by atoms with E-state index in [9.17, 15) is 4.79 Å². The third-order valence-electron chi connectivity index (χ3n) is 0.472. The summed E-state index contributed by atoms with van der Waals surface area (Å²) in [5, 5.41) is 0. The fourth-order valence-corrected chi connectivity index (χ4v) is 0.294. The molecular formula is C5H7NOS. The molecule has 2 nitrogen and oxygen atoms in total. The maximum Gasteiger partial charge on any atom is 0.142 e. The van der Waals surface area contributed by atoms with Crippen molar-refractivity contribution >= 4 is 19.1 Å². The van der Waals surface area contributed by atoms with Crippen molar-refractivity contribution in [3.63, 3.8) is 0 Å². The van der Waals surface area contributed by atoms with E-state index < -0.39 is 0 Å². The summed E-state index contributed by atoms with van der Waals surface area (Å²) < 4.78 is 2.47. The Kier molecular flexibility index (Phi) is 5.75. The average molecular weight is 129 g/mol. The first-order chi connectivity index (χ1) is 3.91. The van der Waals surface area contributed by atoms with Gasteiger partial charge in [-0.15, -0.1) is 0 Å².